The van der Waals surface area contributed by atoms with Gasteiger partial charge in [0.15, 0.2) is 11.8 Å². The van der Waals surface area contributed by atoms with Crippen molar-refractivity contribution in [3.05, 3.63) is 39.8 Å². The number of quaternary nitrogens is 1. The first kappa shape index (κ1) is 17.6. The van der Waals surface area contributed by atoms with Crippen LogP contribution in [0.5, 0.6) is 0 Å². The van der Waals surface area contributed by atoms with Crippen LogP contribution in [0, 0.1) is 0 Å². The SMILES string of the molecule is CN(C)CCN1CC(S(=O)(=O)C2=CN=C3SC=C[N+]23Cl)c2ccsc21. The van der Waals surface area contributed by atoms with Crippen LogP contribution in [0.15, 0.2) is 39.3 Å². The number of rotatable bonds is 5. The molecule has 0 N–H and O–H groups in total. The monoisotopic (exact) mass is 417 g/mol. The summed E-state index contributed by atoms with van der Waals surface area (Å²) in [5.41, 5.74) is 0.872. The highest BCUT2D eigenvalue weighted by Crippen LogP contribution is 2.50. The first-order valence-electron chi connectivity index (χ1n) is 7.77. The lowest BCUT2D eigenvalue weighted by Gasteiger charge is -2.23. The molecule has 4 rings (SSSR count). The highest BCUT2D eigenvalue weighted by molar-refractivity contribution is 8.16. The molecule has 0 aromatic carbocycles. The lowest BCUT2D eigenvalue weighted by molar-refractivity contribution is -0.590. The molecule has 0 aliphatic carbocycles. The van der Waals surface area contributed by atoms with Gasteiger partial charge in [-0.3, -0.25) is 0 Å². The molecule has 2 atom stereocenters. The second kappa shape index (κ2) is 6.11. The second-order valence-electron chi connectivity index (χ2n) is 6.38. The number of anilines is 1. The average Bonchev–Trinajstić information content (AvgIpc) is 3.23. The first-order chi connectivity index (χ1) is 11.8. The molecule has 25 heavy (non-hydrogen) atoms. The van der Waals surface area contributed by atoms with E-state index in [-0.39, 0.29) is 9.03 Å². The van der Waals surface area contributed by atoms with Gasteiger partial charge in [0.05, 0.1) is 5.00 Å². The Bertz CT molecular complexity index is 906. The molecule has 3 aliphatic heterocycles. The molecule has 1 aromatic heterocycles. The Hall–Kier alpha value is -0.840. The third-order valence-corrected chi connectivity index (χ3v) is 9.14. The molecule has 0 fully saturated rings. The van der Waals surface area contributed by atoms with Crippen LogP contribution < -0.4 is 4.90 Å². The van der Waals surface area contributed by atoms with Gasteiger partial charge in [-0.15, -0.1) is 11.3 Å². The molecule has 0 saturated heterocycles. The number of sulfone groups is 1. The highest BCUT2D eigenvalue weighted by atomic mass is 35.5. The van der Waals surface area contributed by atoms with Gasteiger partial charge in [-0.1, -0.05) is 4.00 Å². The number of thioether (sulfide) groups is 1. The number of hydrogen-bond acceptors (Lipinski definition) is 7. The van der Waals surface area contributed by atoms with E-state index in [1.54, 1.807) is 22.9 Å². The van der Waals surface area contributed by atoms with Gasteiger partial charge in [0, 0.05) is 30.6 Å². The predicted molar refractivity (Wildman–Crippen MR) is 105 cm³/mol. The summed E-state index contributed by atoms with van der Waals surface area (Å²) in [4.78, 5) is 8.47. The van der Waals surface area contributed by atoms with Gasteiger partial charge < -0.3 is 9.80 Å². The van der Waals surface area contributed by atoms with Gasteiger partial charge in [-0.25, -0.2) is 8.42 Å². The number of likely N-dealkylation sites (N-methyl/N-ethyl adjacent to an activating group) is 1. The average molecular weight is 418 g/mol. The topological polar surface area (TPSA) is 53.0 Å². The summed E-state index contributed by atoms with van der Waals surface area (Å²) in [6, 6.07) is 1.92. The standard InChI is InChI=1S/C15H18ClN4O2S3/c1-18(2)4-5-19-10-12(11-3-7-23-14(11)19)25(21,22)13-9-17-15-20(13,16)6-8-24-15/h3,6-9,12H,4-5,10H2,1-2H3/q+1. The normalized spacial score (nSPS) is 27.7. The molecule has 2 unspecified atom stereocenters. The smallest absolute Gasteiger partial charge is 0.297 e. The van der Waals surface area contributed by atoms with Crippen LogP contribution in [0.25, 0.3) is 0 Å². The third kappa shape index (κ3) is 2.68. The number of aliphatic imine (C=N–C) groups is 1. The highest BCUT2D eigenvalue weighted by Gasteiger charge is 2.54. The van der Waals surface area contributed by atoms with Crippen LogP contribution in [0.3, 0.4) is 0 Å². The Balaban J connectivity index is 1.65. The molecular weight excluding hydrogens is 400 g/mol. The molecule has 0 amide bonds. The van der Waals surface area contributed by atoms with E-state index < -0.39 is 15.1 Å². The van der Waals surface area contributed by atoms with Crippen molar-refractivity contribution in [3.8, 4) is 0 Å². The van der Waals surface area contributed by atoms with Gasteiger partial charge in [0.2, 0.25) is 9.84 Å². The van der Waals surface area contributed by atoms with Crippen molar-refractivity contribution >= 4 is 54.9 Å². The molecule has 0 saturated carbocycles. The number of halogens is 1. The Labute approximate surface area is 160 Å². The van der Waals surface area contributed by atoms with Crippen molar-refractivity contribution in [1.82, 2.24) is 4.90 Å². The zero-order valence-corrected chi connectivity index (χ0v) is 17.0. The fraction of sp³-hybridized carbons (Fsp3) is 0.400. The number of hydrogen-bond donors (Lipinski definition) is 0. The number of fused-ring (bicyclic) bond motifs is 2. The molecule has 0 radical (unpaired) electrons. The van der Waals surface area contributed by atoms with Crippen molar-refractivity contribution in [3.63, 3.8) is 0 Å². The number of amidine groups is 1. The van der Waals surface area contributed by atoms with Gasteiger partial charge in [0.1, 0.15) is 17.6 Å². The minimum absolute atomic E-state index is 0.141. The summed E-state index contributed by atoms with van der Waals surface area (Å²) in [7, 11) is 0.397. The second-order valence-corrected chi connectivity index (χ2v) is 10.8. The maximum Gasteiger partial charge on any atom is 0.297 e. The Kier molecular flexibility index (Phi) is 4.29. The van der Waals surface area contributed by atoms with Crippen LogP contribution in [0.4, 0.5) is 5.00 Å². The quantitative estimate of drug-likeness (QED) is 0.689. The van der Waals surface area contributed by atoms with E-state index in [1.165, 1.54) is 18.0 Å². The lowest BCUT2D eigenvalue weighted by atomic mass is 10.3. The van der Waals surface area contributed by atoms with Crippen LogP contribution in [0.1, 0.15) is 10.8 Å². The van der Waals surface area contributed by atoms with Gasteiger partial charge in [-0.2, -0.15) is 4.99 Å². The van der Waals surface area contributed by atoms with E-state index >= 15 is 0 Å². The minimum Gasteiger partial charge on any atom is -0.360 e. The van der Waals surface area contributed by atoms with Crippen LogP contribution in [-0.2, 0) is 9.84 Å². The molecule has 134 valence electrons. The van der Waals surface area contributed by atoms with E-state index in [9.17, 15) is 8.42 Å². The molecule has 0 spiro atoms. The summed E-state index contributed by atoms with van der Waals surface area (Å²) in [5, 5.41) is 4.88. The zero-order chi connectivity index (χ0) is 17.8. The number of thiophene rings is 1. The van der Waals surface area contributed by atoms with E-state index in [1.807, 2.05) is 25.5 Å². The molecule has 6 nitrogen and oxygen atoms in total. The molecule has 4 heterocycles. The minimum atomic E-state index is -3.63. The molecule has 1 aromatic rings. The summed E-state index contributed by atoms with van der Waals surface area (Å²) >= 11 is 9.52. The van der Waals surface area contributed by atoms with Crippen molar-refractivity contribution in [2.45, 2.75) is 5.25 Å². The first-order valence-corrected chi connectivity index (χ1v) is 11.4. The van der Waals surface area contributed by atoms with Crippen molar-refractivity contribution in [2.75, 3.05) is 38.6 Å². The van der Waals surface area contributed by atoms with Crippen LogP contribution >= 0.6 is 34.9 Å². The van der Waals surface area contributed by atoms with Crippen LogP contribution in [-0.4, -0.2) is 56.2 Å². The molecular formula is C15H18ClN4O2S3+. The van der Waals surface area contributed by atoms with Crippen molar-refractivity contribution < 1.29 is 12.4 Å². The Morgan fingerprint density at radius 2 is 2.28 bits per heavy atom. The Morgan fingerprint density at radius 3 is 3.04 bits per heavy atom. The maximum atomic E-state index is 13.4. The summed E-state index contributed by atoms with van der Waals surface area (Å²) in [6.07, 6.45) is 3.07. The largest absolute Gasteiger partial charge is 0.360 e. The predicted octanol–water partition coefficient (Wildman–Crippen LogP) is 2.94. The van der Waals surface area contributed by atoms with Crippen molar-refractivity contribution in [1.29, 1.82) is 0 Å². The maximum absolute atomic E-state index is 13.4. The van der Waals surface area contributed by atoms with E-state index in [0.717, 1.165) is 23.7 Å². The lowest BCUT2D eigenvalue weighted by Crippen LogP contribution is -2.37. The Morgan fingerprint density at radius 1 is 1.48 bits per heavy atom. The van der Waals surface area contributed by atoms with Gasteiger partial charge >= 0.3 is 0 Å². The van der Waals surface area contributed by atoms with Gasteiger partial charge in [-0.05, 0) is 37.3 Å². The van der Waals surface area contributed by atoms with E-state index in [2.05, 4.69) is 14.8 Å². The van der Waals surface area contributed by atoms with Gasteiger partial charge in [0.25, 0.3) is 10.2 Å². The number of nitrogens with zero attached hydrogens (tertiary/aromatic N) is 4. The molecule has 10 heteroatoms. The van der Waals surface area contributed by atoms with Crippen LogP contribution in [0.2, 0.25) is 0 Å². The summed E-state index contributed by atoms with van der Waals surface area (Å²) in [6.45, 7) is 2.12. The fourth-order valence-electron chi connectivity index (χ4n) is 3.17. The molecule has 0 bridgehead atoms. The van der Waals surface area contributed by atoms with Crippen molar-refractivity contribution in [2.24, 2.45) is 4.99 Å². The van der Waals surface area contributed by atoms with E-state index in [4.69, 9.17) is 11.8 Å². The fourth-order valence-corrected chi connectivity index (χ4v) is 7.63. The summed E-state index contributed by atoms with van der Waals surface area (Å²) in [5.74, 6) is 0. The molecule has 3 aliphatic rings. The third-order valence-electron chi connectivity index (χ3n) is 4.50. The summed E-state index contributed by atoms with van der Waals surface area (Å²) < 4.78 is 26.5. The van der Waals surface area contributed by atoms with E-state index in [0.29, 0.717) is 11.7 Å². The zero-order valence-electron chi connectivity index (χ0n) is 13.8.